The number of nitrogens with two attached hydrogens (primary N) is 1. The predicted octanol–water partition coefficient (Wildman–Crippen LogP) is 2.11. The van der Waals surface area contributed by atoms with Crippen molar-refractivity contribution in [3.63, 3.8) is 0 Å². The minimum Gasteiger partial charge on any atom is -0.497 e. The van der Waals surface area contributed by atoms with E-state index in [9.17, 15) is 13.6 Å². The highest BCUT2D eigenvalue weighted by Crippen LogP contribution is 2.32. The summed E-state index contributed by atoms with van der Waals surface area (Å²) < 4.78 is 36.0. The van der Waals surface area contributed by atoms with Gasteiger partial charge in [-0.25, -0.2) is 13.8 Å². The summed E-state index contributed by atoms with van der Waals surface area (Å²) in [7, 11) is 2.78. The van der Waals surface area contributed by atoms with Gasteiger partial charge in [0.15, 0.2) is 5.82 Å². The highest BCUT2D eigenvalue weighted by Gasteiger charge is 2.24. The number of nitrogens with zero attached hydrogens (tertiary/aromatic N) is 3. The van der Waals surface area contributed by atoms with Gasteiger partial charge in [0.25, 0.3) is 5.56 Å². The third-order valence-electron chi connectivity index (χ3n) is 3.66. The molecular formula is C16H14F2N4O2. The maximum atomic E-state index is 14.4. The standard InChI is InChI=1S/C16H14F2N4O2/c1-21-15(13-10(17)7-9(24-2)8-11(13)18)14(19)16(23)22(21)12-5-3-4-6-20-12/h3-8H,19H2,1-2H3. The smallest absolute Gasteiger partial charge is 0.296 e. The molecule has 2 N–H and O–H groups in total. The Bertz CT molecular complexity index is 941. The maximum Gasteiger partial charge on any atom is 0.296 e. The lowest BCUT2D eigenvalue weighted by Crippen LogP contribution is -2.21. The molecule has 2 heterocycles. The van der Waals surface area contributed by atoms with Crippen LogP contribution in [0.3, 0.4) is 0 Å². The fourth-order valence-corrected chi connectivity index (χ4v) is 2.55. The first-order valence-corrected chi connectivity index (χ1v) is 6.98. The van der Waals surface area contributed by atoms with E-state index in [1.54, 1.807) is 18.2 Å². The normalized spacial score (nSPS) is 10.8. The van der Waals surface area contributed by atoms with Gasteiger partial charge in [0, 0.05) is 25.4 Å². The number of hydrogen-bond donors (Lipinski definition) is 1. The first-order chi connectivity index (χ1) is 11.5. The summed E-state index contributed by atoms with van der Waals surface area (Å²) in [6, 6.07) is 7.02. The summed E-state index contributed by atoms with van der Waals surface area (Å²) >= 11 is 0. The van der Waals surface area contributed by atoms with Crippen molar-refractivity contribution >= 4 is 5.69 Å². The van der Waals surface area contributed by atoms with Crippen LogP contribution in [-0.2, 0) is 7.05 Å². The summed E-state index contributed by atoms with van der Waals surface area (Å²) in [6.45, 7) is 0. The number of benzene rings is 1. The fraction of sp³-hybridized carbons (Fsp3) is 0.125. The summed E-state index contributed by atoms with van der Waals surface area (Å²) in [5.74, 6) is -1.45. The molecule has 0 bridgehead atoms. The van der Waals surface area contributed by atoms with Crippen molar-refractivity contribution in [1.82, 2.24) is 14.3 Å². The van der Waals surface area contributed by atoms with Crippen LogP contribution in [-0.4, -0.2) is 21.5 Å². The van der Waals surface area contributed by atoms with Crippen LogP contribution in [0.4, 0.5) is 14.5 Å². The van der Waals surface area contributed by atoms with Gasteiger partial charge in [-0.05, 0) is 12.1 Å². The molecular weight excluding hydrogens is 318 g/mol. The van der Waals surface area contributed by atoms with Gasteiger partial charge >= 0.3 is 0 Å². The molecule has 3 rings (SSSR count). The lowest BCUT2D eigenvalue weighted by atomic mass is 10.1. The average molecular weight is 332 g/mol. The molecule has 0 saturated carbocycles. The first-order valence-electron chi connectivity index (χ1n) is 6.98. The zero-order valence-electron chi connectivity index (χ0n) is 13.0. The van der Waals surface area contributed by atoms with Crippen molar-refractivity contribution in [2.24, 2.45) is 7.05 Å². The van der Waals surface area contributed by atoms with Gasteiger partial charge in [-0.3, -0.25) is 9.48 Å². The zero-order valence-corrected chi connectivity index (χ0v) is 13.0. The second kappa shape index (κ2) is 5.80. The van der Waals surface area contributed by atoms with Gasteiger partial charge in [-0.2, -0.15) is 4.68 Å². The van der Waals surface area contributed by atoms with E-state index in [2.05, 4.69) is 4.98 Å². The Morgan fingerprint density at radius 3 is 2.42 bits per heavy atom. The Morgan fingerprint density at radius 1 is 1.21 bits per heavy atom. The van der Waals surface area contributed by atoms with Gasteiger partial charge in [-0.15, -0.1) is 0 Å². The molecule has 0 saturated heterocycles. The second-order valence-electron chi connectivity index (χ2n) is 5.06. The number of halogens is 2. The van der Waals surface area contributed by atoms with E-state index in [0.29, 0.717) is 0 Å². The van der Waals surface area contributed by atoms with Crippen molar-refractivity contribution in [2.75, 3.05) is 12.8 Å². The number of pyridine rings is 1. The summed E-state index contributed by atoms with van der Waals surface area (Å²) in [6.07, 6.45) is 1.50. The molecule has 0 aliphatic heterocycles. The molecule has 0 unspecified atom stereocenters. The number of methoxy groups -OCH3 is 1. The number of ether oxygens (including phenoxy) is 1. The largest absolute Gasteiger partial charge is 0.497 e. The van der Waals surface area contributed by atoms with Gasteiger partial charge < -0.3 is 10.5 Å². The minimum absolute atomic E-state index is 0.0291. The van der Waals surface area contributed by atoms with Crippen LogP contribution in [0.25, 0.3) is 17.1 Å². The summed E-state index contributed by atoms with van der Waals surface area (Å²) in [5, 5.41) is 0. The van der Waals surface area contributed by atoms with Crippen LogP contribution in [0, 0.1) is 11.6 Å². The van der Waals surface area contributed by atoms with E-state index in [0.717, 1.165) is 16.8 Å². The molecule has 24 heavy (non-hydrogen) atoms. The third kappa shape index (κ3) is 2.32. The molecule has 2 aromatic heterocycles. The SMILES string of the molecule is COc1cc(F)c(-c2c(N)c(=O)n(-c3ccccn3)n2C)c(F)c1. The van der Waals surface area contributed by atoms with Crippen LogP contribution in [0.2, 0.25) is 0 Å². The Hall–Kier alpha value is -3.16. The number of rotatable bonds is 3. The van der Waals surface area contributed by atoms with Crippen LogP contribution < -0.4 is 16.0 Å². The average Bonchev–Trinajstić information content (AvgIpc) is 2.78. The Labute approximate surface area is 135 Å². The van der Waals surface area contributed by atoms with Crippen LogP contribution in [0.5, 0.6) is 5.75 Å². The van der Waals surface area contributed by atoms with E-state index in [1.807, 2.05) is 0 Å². The molecule has 0 radical (unpaired) electrons. The quantitative estimate of drug-likeness (QED) is 0.797. The Kier molecular flexibility index (Phi) is 3.80. The van der Waals surface area contributed by atoms with Gasteiger partial charge in [-0.1, -0.05) is 6.07 Å². The van der Waals surface area contributed by atoms with Crippen molar-refractivity contribution in [1.29, 1.82) is 0 Å². The molecule has 124 valence electrons. The Balaban J connectivity index is 2.31. The molecule has 0 atom stereocenters. The summed E-state index contributed by atoms with van der Waals surface area (Å²) in [4.78, 5) is 16.5. The minimum atomic E-state index is -0.882. The van der Waals surface area contributed by atoms with Crippen molar-refractivity contribution in [3.05, 3.63) is 58.5 Å². The highest BCUT2D eigenvalue weighted by molar-refractivity contribution is 5.74. The molecule has 8 heteroatoms. The van der Waals surface area contributed by atoms with Gasteiger partial charge in [0.2, 0.25) is 0 Å². The Morgan fingerprint density at radius 2 is 1.88 bits per heavy atom. The first kappa shape index (κ1) is 15.7. The predicted molar refractivity (Wildman–Crippen MR) is 85.1 cm³/mol. The van der Waals surface area contributed by atoms with Crippen LogP contribution >= 0.6 is 0 Å². The zero-order chi connectivity index (χ0) is 17.4. The number of aromatic nitrogens is 3. The monoisotopic (exact) mass is 332 g/mol. The molecule has 0 aliphatic carbocycles. The molecule has 0 fully saturated rings. The lowest BCUT2D eigenvalue weighted by molar-refractivity contribution is 0.407. The summed E-state index contributed by atoms with van der Waals surface area (Å²) in [5.41, 5.74) is 4.49. The van der Waals surface area contributed by atoms with Crippen molar-refractivity contribution < 1.29 is 13.5 Å². The van der Waals surface area contributed by atoms with Crippen LogP contribution in [0.15, 0.2) is 41.3 Å². The highest BCUT2D eigenvalue weighted by atomic mass is 19.1. The number of nitrogen functional groups attached to an aromatic ring is 1. The molecule has 1 aromatic carbocycles. The van der Waals surface area contributed by atoms with Gasteiger partial charge in [0.1, 0.15) is 23.1 Å². The maximum absolute atomic E-state index is 14.4. The molecule has 3 aromatic rings. The third-order valence-corrected chi connectivity index (χ3v) is 3.66. The van der Waals surface area contributed by atoms with E-state index < -0.39 is 22.8 Å². The van der Waals surface area contributed by atoms with Crippen LogP contribution in [0.1, 0.15) is 0 Å². The molecule has 6 nitrogen and oxygen atoms in total. The molecule has 0 aliphatic rings. The number of hydrogen-bond acceptors (Lipinski definition) is 4. The molecule has 0 spiro atoms. The van der Waals surface area contributed by atoms with Crippen molar-refractivity contribution in [2.45, 2.75) is 0 Å². The van der Waals surface area contributed by atoms with Crippen molar-refractivity contribution in [3.8, 4) is 22.8 Å². The topological polar surface area (TPSA) is 75.1 Å². The molecule has 0 amide bonds. The van der Waals surface area contributed by atoms with Gasteiger partial charge in [0.05, 0.1) is 18.4 Å². The van der Waals surface area contributed by atoms with E-state index in [1.165, 1.54) is 25.0 Å². The second-order valence-corrected chi connectivity index (χ2v) is 5.06. The fourth-order valence-electron chi connectivity index (χ4n) is 2.55. The van der Waals surface area contributed by atoms with E-state index in [4.69, 9.17) is 10.5 Å². The van der Waals surface area contributed by atoms with E-state index >= 15 is 0 Å². The lowest BCUT2D eigenvalue weighted by Gasteiger charge is -2.11. The number of anilines is 1. The van der Waals surface area contributed by atoms with E-state index in [-0.39, 0.29) is 22.9 Å².